The van der Waals surface area contributed by atoms with E-state index in [1.54, 1.807) is 24.3 Å². The number of halogens is 1. The largest absolute Gasteiger partial charge is 0.484 e. The van der Waals surface area contributed by atoms with E-state index in [0.29, 0.717) is 36.7 Å². The molecule has 0 saturated carbocycles. The number of fused-ring (bicyclic) bond motifs is 1. The van der Waals surface area contributed by atoms with Gasteiger partial charge < -0.3 is 19.5 Å². The number of imidazole rings is 1. The first kappa shape index (κ1) is 22.1. The van der Waals surface area contributed by atoms with E-state index in [0.717, 1.165) is 42.8 Å². The molecule has 0 spiro atoms. The zero-order valence-electron chi connectivity index (χ0n) is 17.9. The number of carbonyl (C=O) groups is 2. The molecule has 2 heterocycles. The van der Waals surface area contributed by atoms with Gasteiger partial charge in [0, 0.05) is 31.1 Å². The Morgan fingerprint density at radius 1 is 1.06 bits per heavy atom. The summed E-state index contributed by atoms with van der Waals surface area (Å²) < 4.78 is 7.48. The minimum atomic E-state index is -0.183. The van der Waals surface area contributed by atoms with Crippen LogP contribution in [-0.4, -0.2) is 52.5 Å². The van der Waals surface area contributed by atoms with E-state index in [-0.39, 0.29) is 18.4 Å². The Morgan fingerprint density at radius 3 is 2.59 bits per heavy atom. The summed E-state index contributed by atoms with van der Waals surface area (Å²) in [5, 5.41) is 3.49. The number of ether oxygens (including phenoxy) is 1. The molecule has 0 unspecified atom stereocenters. The molecule has 0 atom stereocenters. The maximum atomic E-state index is 12.7. The average molecular weight is 455 g/mol. The van der Waals surface area contributed by atoms with Gasteiger partial charge in [0.15, 0.2) is 6.61 Å². The van der Waals surface area contributed by atoms with Crippen LogP contribution in [0.2, 0.25) is 5.02 Å². The van der Waals surface area contributed by atoms with Crippen LogP contribution in [0.1, 0.15) is 25.1 Å². The summed E-state index contributed by atoms with van der Waals surface area (Å²) in [6, 6.07) is 14.8. The normalized spacial score (nSPS) is 13.5. The lowest BCUT2D eigenvalue weighted by molar-refractivity contribution is -0.130. The molecule has 1 aromatic heterocycles. The highest BCUT2D eigenvalue weighted by atomic mass is 35.5. The van der Waals surface area contributed by atoms with Gasteiger partial charge in [-0.2, -0.15) is 0 Å². The second kappa shape index (κ2) is 10.5. The van der Waals surface area contributed by atoms with E-state index in [2.05, 4.69) is 5.32 Å². The molecule has 3 aromatic rings. The second-order valence-electron chi connectivity index (χ2n) is 7.89. The smallest absolute Gasteiger partial charge is 0.257 e. The van der Waals surface area contributed by atoms with Crippen LogP contribution in [0, 0.1) is 0 Å². The molecule has 2 amide bonds. The minimum Gasteiger partial charge on any atom is -0.484 e. The van der Waals surface area contributed by atoms with Crippen LogP contribution in [0.4, 0.5) is 0 Å². The summed E-state index contributed by atoms with van der Waals surface area (Å²) in [7, 11) is 0. The number of hydrogen-bond acceptors (Lipinski definition) is 4. The molecular formula is C24H27ClN4O3. The van der Waals surface area contributed by atoms with Gasteiger partial charge in [-0.05, 0) is 55.7 Å². The van der Waals surface area contributed by atoms with Crippen LogP contribution in [-0.2, 0) is 22.6 Å². The molecule has 0 bridgehead atoms. The van der Waals surface area contributed by atoms with Crippen LogP contribution >= 0.6 is 11.6 Å². The monoisotopic (exact) mass is 454 g/mol. The fourth-order valence-corrected chi connectivity index (χ4v) is 4.03. The number of benzene rings is 2. The first-order chi connectivity index (χ1) is 15.6. The van der Waals surface area contributed by atoms with Gasteiger partial charge in [-0.25, -0.2) is 4.98 Å². The molecule has 4 rings (SSSR count). The predicted octanol–water partition coefficient (Wildman–Crippen LogP) is 3.44. The van der Waals surface area contributed by atoms with Gasteiger partial charge in [0.25, 0.3) is 5.91 Å². The summed E-state index contributed by atoms with van der Waals surface area (Å²) in [6.07, 6.45) is 3.53. The van der Waals surface area contributed by atoms with Crippen LogP contribution in [0.5, 0.6) is 5.75 Å². The lowest BCUT2D eigenvalue weighted by Gasteiger charge is -2.17. The molecule has 1 saturated heterocycles. The van der Waals surface area contributed by atoms with E-state index in [9.17, 15) is 9.59 Å². The summed E-state index contributed by atoms with van der Waals surface area (Å²) in [6.45, 7) is 2.43. The summed E-state index contributed by atoms with van der Waals surface area (Å²) in [5.74, 6) is 1.42. The third-order valence-corrected chi connectivity index (χ3v) is 5.82. The summed E-state index contributed by atoms with van der Waals surface area (Å²) in [4.78, 5) is 31.5. The Labute approximate surface area is 192 Å². The van der Waals surface area contributed by atoms with Gasteiger partial charge in [-0.3, -0.25) is 9.59 Å². The van der Waals surface area contributed by atoms with Crippen molar-refractivity contribution in [2.24, 2.45) is 0 Å². The van der Waals surface area contributed by atoms with Crippen LogP contribution < -0.4 is 10.1 Å². The number of aromatic nitrogens is 2. The van der Waals surface area contributed by atoms with Crippen molar-refractivity contribution < 1.29 is 14.3 Å². The standard InChI is InChI=1S/C24H27ClN4O3/c25-18-9-11-19(12-10-18)32-17-23(30)26-13-5-8-22-27-20-6-1-2-7-21(20)29(22)16-24(31)28-14-3-4-15-28/h1-2,6-7,9-12H,3-5,8,13-17H2,(H,26,30). The number of carbonyl (C=O) groups excluding carboxylic acids is 2. The fourth-order valence-electron chi connectivity index (χ4n) is 3.90. The number of para-hydroxylation sites is 2. The van der Waals surface area contributed by atoms with Crippen LogP contribution in [0.3, 0.4) is 0 Å². The zero-order valence-corrected chi connectivity index (χ0v) is 18.7. The Morgan fingerprint density at radius 2 is 1.81 bits per heavy atom. The molecule has 1 fully saturated rings. The van der Waals surface area contributed by atoms with E-state index in [1.807, 2.05) is 33.7 Å². The highest BCUT2D eigenvalue weighted by Crippen LogP contribution is 2.19. The Bertz CT molecular complexity index is 1070. The lowest BCUT2D eigenvalue weighted by Crippen LogP contribution is -2.32. The van der Waals surface area contributed by atoms with Crippen LogP contribution in [0.15, 0.2) is 48.5 Å². The molecule has 8 heteroatoms. The number of likely N-dealkylation sites (tertiary alicyclic amines) is 1. The maximum absolute atomic E-state index is 12.7. The molecule has 1 N–H and O–H groups in total. The van der Waals surface area contributed by atoms with Crippen LogP contribution in [0.25, 0.3) is 11.0 Å². The SMILES string of the molecule is O=C(COc1ccc(Cl)cc1)NCCCc1nc2ccccc2n1CC(=O)N1CCCC1. The summed E-state index contributed by atoms with van der Waals surface area (Å²) in [5.41, 5.74) is 1.85. The summed E-state index contributed by atoms with van der Waals surface area (Å²) >= 11 is 5.84. The average Bonchev–Trinajstić information content (AvgIpc) is 3.45. The quantitative estimate of drug-likeness (QED) is 0.502. The van der Waals surface area contributed by atoms with Crippen molar-refractivity contribution in [1.82, 2.24) is 19.8 Å². The van der Waals surface area contributed by atoms with Crippen molar-refractivity contribution in [3.63, 3.8) is 0 Å². The third-order valence-electron chi connectivity index (χ3n) is 5.57. The van der Waals surface area contributed by atoms with Crippen molar-refractivity contribution in [3.8, 4) is 5.75 Å². The number of aryl methyl sites for hydroxylation is 1. The number of rotatable bonds is 9. The predicted molar refractivity (Wildman–Crippen MR) is 124 cm³/mol. The zero-order chi connectivity index (χ0) is 22.3. The van der Waals surface area contributed by atoms with E-state index < -0.39 is 0 Å². The van der Waals surface area contributed by atoms with E-state index in [1.165, 1.54) is 0 Å². The van der Waals surface area contributed by atoms with Gasteiger partial charge >= 0.3 is 0 Å². The highest BCUT2D eigenvalue weighted by Gasteiger charge is 2.20. The lowest BCUT2D eigenvalue weighted by atomic mass is 10.3. The maximum Gasteiger partial charge on any atom is 0.257 e. The second-order valence-corrected chi connectivity index (χ2v) is 8.32. The molecular weight excluding hydrogens is 428 g/mol. The van der Waals surface area contributed by atoms with Gasteiger partial charge in [-0.15, -0.1) is 0 Å². The molecule has 0 aliphatic carbocycles. The number of nitrogens with one attached hydrogen (secondary N) is 1. The van der Waals surface area contributed by atoms with Crippen molar-refractivity contribution in [1.29, 1.82) is 0 Å². The Balaban J connectivity index is 1.30. The molecule has 7 nitrogen and oxygen atoms in total. The van der Waals surface area contributed by atoms with Gasteiger partial charge in [0.05, 0.1) is 11.0 Å². The molecule has 168 valence electrons. The van der Waals surface area contributed by atoms with Gasteiger partial charge in [0.2, 0.25) is 5.91 Å². The molecule has 0 radical (unpaired) electrons. The molecule has 1 aliphatic rings. The molecule has 32 heavy (non-hydrogen) atoms. The minimum absolute atomic E-state index is 0.0511. The highest BCUT2D eigenvalue weighted by molar-refractivity contribution is 6.30. The Hall–Kier alpha value is -3.06. The van der Waals surface area contributed by atoms with E-state index in [4.69, 9.17) is 21.3 Å². The number of nitrogens with zero attached hydrogens (tertiary/aromatic N) is 3. The third kappa shape index (κ3) is 5.59. The van der Waals surface area contributed by atoms with Crippen molar-refractivity contribution >= 4 is 34.4 Å². The van der Waals surface area contributed by atoms with Crippen molar-refractivity contribution in [3.05, 3.63) is 59.4 Å². The number of hydrogen-bond donors (Lipinski definition) is 1. The van der Waals surface area contributed by atoms with Crippen molar-refractivity contribution in [2.75, 3.05) is 26.2 Å². The van der Waals surface area contributed by atoms with Crippen molar-refractivity contribution in [2.45, 2.75) is 32.2 Å². The topological polar surface area (TPSA) is 76.5 Å². The van der Waals surface area contributed by atoms with Gasteiger partial charge in [-0.1, -0.05) is 23.7 Å². The van der Waals surface area contributed by atoms with E-state index >= 15 is 0 Å². The first-order valence-electron chi connectivity index (χ1n) is 11.0. The first-order valence-corrected chi connectivity index (χ1v) is 11.3. The Kier molecular flexibility index (Phi) is 7.27. The fraction of sp³-hybridized carbons (Fsp3) is 0.375. The van der Waals surface area contributed by atoms with Gasteiger partial charge in [0.1, 0.15) is 18.1 Å². The number of amides is 2. The molecule has 2 aromatic carbocycles. The molecule has 1 aliphatic heterocycles.